The first-order valence-corrected chi connectivity index (χ1v) is 11.2. The van der Waals surface area contributed by atoms with Crippen LogP contribution >= 0.6 is 23.4 Å². The first-order chi connectivity index (χ1) is 13.6. The first-order valence-electron chi connectivity index (χ1n) is 9.79. The molecule has 28 heavy (non-hydrogen) atoms. The lowest BCUT2D eigenvalue weighted by Crippen LogP contribution is -2.14. The average Bonchev–Trinajstić information content (AvgIpc) is 2.74. The molecule has 3 nitrogen and oxygen atoms in total. The van der Waals surface area contributed by atoms with Gasteiger partial charge in [-0.05, 0) is 36.5 Å². The molecule has 0 spiro atoms. The molecule has 0 aliphatic heterocycles. The number of halogens is 1. The Kier molecular flexibility index (Phi) is 7.99. The third-order valence-electron chi connectivity index (χ3n) is 5.07. The summed E-state index contributed by atoms with van der Waals surface area (Å²) in [6.07, 6.45) is 6.61. The van der Waals surface area contributed by atoms with Crippen molar-refractivity contribution >= 4 is 35.1 Å². The molecule has 0 amide bonds. The Morgan fingerprint density at radius 3 is 2.43 bits per heavy atom. The van der Waals surface area contributed by atoms with Crippen LogP contribution in [0.2, 0.25) is 5.02 Å². The number of carbonyl (C=O) groups excluding carboxylic acids is 2. The lowest BCUT2D eigenvalue weighted by molar-refractivity contribution is -0.141. The average molecular weight is 417 g/mol. The number of carbonyl (C=O) groups is 2. The quantitative estimate of drug-likeness (QED) is 0.288. The minimum Gasteiger partial charge on any atom is -0.457 e. The van der Waals surface area contributed by atoms with E-state index in [1.807, 2.05) is 48.5 Å². The second-order valence-corrected chi connectivity index (χ2v) is 8.61. The van der Waals surface area contributed by atoms with Crippen LogP contribution in [0.15, 0.2) is 53.4 Å². The van der Waals surface area contributed by atoms with Gasteiger partial charge in [0.05, 0.1) is 11.4 Å². The molecule has 5 heteroatoms. The molecule has 0 radical (unpaired) electrons. The molecule has 0 unspecified atom stereocenters. The van der Waals surface area contributed by atoms with Crippen molar-refractivity contribution in [2.24, 2.45) is 0 Å². The Balaban J connectivity index is 1.40. The topological polar surface area (TPSA) is 43.4 Å². The second kappa shape index (κ2) is 10.7. The van der Waals surface area contributed by atoms with Crippen molar-refractivity contribution in [3.05, 3.63) is 64.7 Å². The number of ether oxygens (including phenoxy) is 1. The zero-order chi connectivity index (χ0) is 19.8. The zero-order valence-electron chi connectivity index (χ0n) is 15.9. The Morgan fingerprint density at radius 1 is 1.00 bits per heavy atom. The fourth-order valence-corrected chi connectivity index (χ4v) is 4.65. The Labute approximate surface area is 175 Å². The van der Waals surface area contributed by atoms with Gasteiger partial charge < -0.3 is 4.74 Å². The predicted octanol–water partition coefficient (Wildman–Crippen LogP) is 6.30. The van der Waals surface area contributed by atoms with Gasteiger partial charge in [0.15, 0.2) is 12.4 Å². The van der Waals surface area contributed by atoms with Gasteiger partial charge in [-0.2, -0.15) is 0 Å². The van der Waals surface area contributed by atoms with E-state index in [1.165, 1.54) is 49.4 Å². The van der Waals surface area contributed by atoms with Crippen LogP contribution in [0.5, 0.6) is 0 Å². The number of hydrogen-bond donors (Lipinski definition) is 0. The summed E-state index contributed by atoms with van der Waals surface area (Å²) in [7, 11) is 0. The van der Waals surface area contributed by atoms with Gasteiger partial charge in [0, 0.05) is 16.2 Å². The summed E-state index contributed by atoms with van der Waals surface area (Å²) in [6.45, 7) is -0.210. The third-order valence-corrected chi connectivity index (χ3v) is 6.59. The lowest BCUT2D eigenvalue weighted by atomic mass is 9.84. The minimum atomic E-state index is -0.369. The van der Waals surface area contributed by atoms with E-state index in [4.69, 9.17) is 16.3 Å². The highest BCUT2D eigenvalue weighted by molar-refractivity contribution is 7.99. The van der Waals surface area contributed by atoms with Gasteiger partial charge in [-0.1, -0.05) is 67.3 Å². The predicted molar refractivity (Wildman–Crippen MR) is 114 cm³/mol. The number of Topliss-reactive ketones (excluding diaryl/α,β-unsaturated/α-hetero) is 1. The molecule has 2 aromatic rings. The second-order valence-electron chi connectivity index (χ2n) is 7.07. The molecule has 0 N–H and O–H groups in total. The molecule has 2 aromatic carbocycles. The van der Waals surface area contributed by atoms with Crippen molar-refractivity contribution < 1.29 is 14.3 Å². The van der Waals surface area contributed by atoms with Crippen molar-refractivity contribution in [3.8, 4) is 0 Å². The summed E-state index contributed by atoms with van der Waals surface area (Å²) in [6, 6.07) is 15.3. The van der Waals surface area contributed by atoms with Crippen molar-refractivity contribution in [2.75, 3.05) is 12.4 Å². The van der Waals surface area contributed by atoms with Crippen LogP contribution in [0.4, 0.5) is 0 Å². The van der Waals surface area contributed by atoms with Gasteiger partial charge >= 0.3 is 5.97 Å². The molecular weight excluding hydrogens is 392 g/mol. The van der Waals surface area contributed by atoms with Gasteiger partial charge in [-0.25, -0.2) is 0 Å². The molecule has 3 rings (SSSR count). The van der Waals surface area contributed by atoms with E-state index in [-0.39, 0.29) is 24.8 Å². The van der Waals surface area contributed by atoms with Crippen molar-refractivity contribution in [1.82, 2.24) is 0 Å². The van der Waals surface area contributed by atoms with Gasteiger partial charge in [0.2, 0.25) is 0 Å². The van der Waals surface area contributed by atoms with Crippen LogP contribution in [0.3, 0.4) is 0 Å². The molecule has 1 aliphatic rings. The van der Waals surface area contributed by atoms with Crippen molar-refractivity contribution in [2.45, 2.75) is 49.3 Å². The van der Waals surface area contributed by atoms with Gasteiger partial charge in [0.25, 0.3) is 0 Å². The lowest BCUT2D eigenvalue weighted by Gasteiger charge is -2.22. The highest BCUT2D eigenvalue weighted by Crippen LogP contribution is 2.32. The molecule has 0 bridgehead atoms. The summed E-state index contributed by atoms with van der Waals surface area (Å²) in [5.74, 6) is 0.646. The standard InChI is InChI=1S/C23H25ClO3S/c24-20-8-4-5-9-22(20)28-15-14-23(26)27-16-21(25)19-12-10-18(11-13-19)17-6-2-1-3-7-17/h4-5,8-13,17H,1-3,6-7,14-16H2. The van der Waals surface area contributed by atoms with Gasteiger partial charge in [0.1, 0.15) is 0 Å². The summed E-state index contributed by atoms with van der Waals surface area (Å²) < 4.78 is 5.14. The maximum Gasteiger partial charge on any atom is 0.307 e. The van der Waals surface area contributed by atoms with Gasteiger partial charge in [-0.3, -0.25) is 9.59 Å². The minimum absolute atomic E-state index is 0.165. The fraction of sp³-hybridized carbons (Fsp3) is 0.391. The van der Waals surface area contributed by atoms with Gasteiger partial charge in [-0.15, -0.1) is 11.8 Å². The largest absolute Gasteiger partial charge is 0.457 e. The molecule has 0 atom stereocenters. The molecule has 0 saturated heterocycles. The number of hydrogen-bond acceptors (Lipinski definition) is 4. The van der Waals surface area contributed by atoms with Crippen molar-refractivity contribution in [1.29, 1.82) is 0 Å². The Hall–Kier alpha value is -1.78. The van der Waals surface area contributed by atoms with E-state index < -0.39 is 0 Å². The highest BCUT2D eigenvalue weighted by Gasteiger charge is 2.16. The normalized spacial score (nSPS) is 14.6. The van der Waals surface area contributed by atoms with E-state index in [9.17, 15) is 9.59 Å². The van der Waals surface area contributed by atoms with Crippen LogP contribution < -0.4 is 0 Å². The fourth-order valence-electron chi connectivity index (χ4n) is 3.48. The summed E-state index contributed by atoms with van der Waals surface area (Å²) in [4.78, 5) is 25.1. The molecule has 1 fully saturated rings. The molecule has 0 heterocycles. The molecule has 148 valence electrons. The first kappa shape index (κ1) is 20.9. The van der Waals surface area contributed by atoms with Crippen LogP contribution in [-0.4, -0.2) is 24.1 Å². The van der Waals surface area contributed by atoms with E-state index in [0.717, 1.165) is 4.90 Å². The summed E-state index contributed by atoms with van der Waals surface area (Å²) in [5, 5.41) is 0.674. The van der Waals surface area contributed by atoms with Crippen molar-refractivity contribution in [3.63, 3.8) is 0 Å². The number of ketones is 1. The van der Waals surface area contributed by atoms with E-state index in [1.54, 1.807) is 0 Å². The third kappa shape index (κ3) is 6.11. The number of esters is 1. The van der Waals surface area contributed by atoms with E-state index in [2.05, 4.69) is 0 Å². The molecule has 1 saturated carbocycles. The Bertz CT molecular complexity index is 798. The van der Waals surface area contributed by atoms with Crippen LogP contribution in [0.1, 0.15) is 60.4 Å². The molecular formula is C23H25ClO3S. The highest BCUT2D eigenvalue weighted by atomic mass is 35.5. The SMILES string of the molecule is O=C(CCSc1ccccc1Cl)OCC(=O)c1ccc(C2CCCCC2)cc1. The Morgan fingerprint density at radius 2 is 1.71 bits per heavy atom. The number of rotatable bonds is 8. The molecule has 1 aliphatic carbocycles. The maximum atomic E-state index is 12.3. The van der Waals surface area contributed by atoms with E-state index in [0.29, 0.717) is 22.3 Å². The molecule has 0 aromatic heterocycles. The van der Waals surface area contributed by atoms with Crippen LogP contribution in [-0.2, 0) is 9.53 Å². The van der Waals surface area contributed by atoms with E-state index >= 15 is 0 Å². The number of thioether (sulfide) groups is 1. The summed E-state index contributed by atoms with van der Waals surface area (Å²) >= 11 is 7.59. The summed E-state index contributed by atoms with van der Waals surface area (Å²) in [5.41, 5.74) is 1.91. The van der Waals surface area contributed by atoms with Crippen LogP contribution in [0, 0.1) is 0 Å². The smallest absolute Gasteiger partial charge is 0.307 e. The number of benzene rings is 2. The van der Waals surface area contributed by atoms with Crippen LogP contribution in [0.25, 0.3) is 0 Å². The monoisotopic (exact) mass is 416 g/mol. The zero-order valence-corrected chi connectivity index (χ0v) is 17.4. The maximum absolute atomic E-state index is 12.3.